The first-order valence-electron chi connectivity index (χ1n) is 9.15. The molecule has 0 N–H and O–H groups in total. The summed E-state index contributed by atoms with van der Waals surface area (Å²) in [6.45, 7) is 6.66. The van der Waals surface area contributed by atoms with Gasteiger partial charge < -0.3 is 9.47 Å². The molecule has 0 aromatic heterocycles. The highest BCUT2D eigenvalue weighted by molar-refractivity contribution is 5.96. The number of fused-ring (bicyclic) bond motifs is 3. The molecule has 0 unspecified atom stereocenters. The number of methoxy groups -OCH3 is 1. The van der Waals surface area contributed by atoms with E-state index < -0.39 is 11.5 Å². The average Bonchev–Trinajstić information content (AvgIpc) is 2.53. The number of carbonyl (C=O) groups is 2. The summed E-state index contributed by atoms with van der Waals surface area (Å²) in [7, 11) is 1.56. The summed E-state index contributed by atoms with van der Waals surface area (Å²) in [6.07, 6.45) is 7.74. The fourth-order valence-corrected chi connectivity index (χ4v) is 5.01. The number of rotatable bonds is 3. The van der Waals surface area contributed by atoms with Gasteiger partial charge in [0.05, 0.1) is 0 Å². The number of hydrogen-bond acceptors (Lipinski definition) is 4. The Kier molecular flexibility index (Phi) is 4.73. The van der Waals surface area contributed by atoms with Crippen LogP contribution in [-0.2, 0) is 19.1 Å². The number of ketones is 2. The van der Waals surface area contributed by atoms with Crippen LogP contribution in [0.15, 0.2) is 12.2 Å². The molecular formula is C20H30O4. The van der Waals surface area contributed by atoms with Crippen molar-refractivity contribution in [3.63, 3.8) is 0 Å². The van der Waals surface area contributed by atoms with Gasteiger partial charge in [-0.2, -0.15) is 0 Å². The lowest BCUT2D eigenvalue weighted by Gasteiger charge is -2.51. The van der Waals surface area contributed by atoms with Gasteiger partial charge in [0.15, 0.2) is 5.78 Å². The van der Waals surface area contributed by atoms with Crippen LogP contribution in [0.5, 0.6) is 0 Å². The molecule has 0 radical (unpaired) electrons. The molecule has 0 aromatic carbocycles. The van der Waals surface area contributed by atoms with Gasteiger partial charge in [-0.25, -0.2) is 0 Å². The Morgan fingerprint density at radius 1 is 1.25 bits per heavy atom. The summed E-state index contributed by atoms with van der Waals surface area (Å²) >= 11 is 0. The maximum atomic E-state index is 13.1. The molecule has 0 heterocycles. The van der Waals surface area contributed by atoms with Gasteiger partial charge in [0.1, 0.15) is 18.7 Å². The molecule has 2 bridgehead atoms. The van der Waals surface area contributed by atoms with E-state index in [2.05, 4.69) is 26.0 Å². The molecule has 2 saturated carbocycles. The van der Waals surface area contributed by atoms with Crippen LogP contribution in [0.3, 0.4) is 0 Å². The van der Waals surface area contributed by atoms with Gasteiger partial charge in [0.25, 0.3) is 0 Å². The Balaban J connectivity index is 1.93. The van der Waals surface area contributed by atoms with Crippen molar-refractivity contribution in [3.05, 3.63) is 12.2 Å². The van der Waals surface area contributed by atoms with E-state index in [4.69, 9.17) is 9.47 Å². The van der Waals surface area contributed by atoms with E-state index >= 15 is 0 Å². The Morgan fingerprint density at radius 3 is 2.71 bits per heavy atom. The minimum Gasteiger partial charge on any atom is -0.359 e. The molecule has 3 rings (SSSR count). The van der Waals surface area contributed by atoms with Crippen LogP contribution >= 0.6 is 0 Å². The lowest BCUT2D eigenvalue weighted by atomic mass is 9.52. The Bertz CT molecular complexity index is 550. The Labute approximate surface area is 145 Å². The monoisotopic (exact) mass is 334 g/mol. The predicted octanol–water partition coefficient (Wildman–Crippen LogP) is 3.54. The second-order valence-electron chi connectivity index (χ2n) is 8.62. The second-order valence-corrected chi connectivity index (χ2v) is 8.62. The van der Waals surface area contributed by atoms with E-state index in [0.29, 0.717) is 24.7 Å². The number of allylic oxidation sites excluding steroid dienone is 2. The lowest BCUT2D eigenvalue weighted by Crippen LogP contribution is -2.54. The molecule has 3 aliphatic rings. The standard InChI is InChI=1S/C20H30O4/c1-19(2)13-6-5-7-14(19)11-17(21)20(3)9-8-16(24-12-23-4)18(22)15(20)10-13/h5-6,13-16H,7-12H2,1-4H3/t13-,14+,15+,16-,20+/m0/s1. The molecular weight excluding hydrogens is 304 g/mol. The van der Waals surface area contributed by atoms with Crippen molar-refractivity contribution in [1.29, 1.82) is 0 Å². The van der Waals surface area contributed by atoms with Gasteiger partial charge in [0, 0.05) is 24.9 Å². The SMILES string of the molecule is COCO[C@H]1CC[C@@]2(C)C(=O)C[C@H]3CC=C[C@@H](C[C@@H]2C1=O)C3(C)C. The van der Waals surface area contributed by atoms with Crippen LogP contribution in [0.4, 0.5) is 0 Å². The average molecular weight is 334 g/mol. The quantitative estimate of drug-likeness (QED) is 0.585. The minimum absolute atomic E-state index is 0.0619. The van der Waals surface area contributed by atoms with Gasteiger partial charge in [-0.1, -0.05) is 32.9 Å². The van der Waals surface area contributed by atoms with Crippen LogP contribution in [-0.4, -0.2) is 31.6 Å². The zero-order valence-electron chi connectivity index (χ0n) is 15.3. The molecule has 0 aliphatic heterocycles. The van der Waals surface area contributed by atoms with Crippen LogP contribution in [0, 0.1) is 28.6 Å². The molecule has 4 nitrogen and oxygen atoms in total. The third-order valence-corrected chi connectivity index (χ3v) is 7.10. The largest absolute Gasteiger partial charge is 0.359 e. The van der Waals surface area contributed by atoms with Gasteiger partial charge in [-0.05, 0) is 42.9 Å². The van der Waals surface area contributed by atoms with Crippen molar-refractivity contribution in [2.24, 2.45) is 28.6 Å². The van der Waals surface area contributed by atoms with Crippen molar-refractivity contribution in [1.82, 2.24) is 0 Å². The first kappa shape index (κ1) is 17.8. The second kappa shape index (κ2) is 6.38. The Hall–Kier alpha value is -1.00. The number of carbonyl (C=O) groups excluding carboxylic acids is 2. The van der Waals surface area contributed by atoms with E-state index in [1.807, 2.05) is 6.92 Å². The summed E-state index contributed by atoms with van der Waals surface area (Å²) < 4.78 is 10.6. The zero-order chi connectivity index (χ0) is 17.5. The minimum atomic E-state index is -0.526. The lowest BCUT2D eigenvalue weighted by molar-refractivity contribution is -0.164. The number of ether oxygens (including phenoxy) is 2. The van der Waals surface area contributed by atoms with Crippen LogP contribution in [0.1, 0.15) is 52.9 Å². The molecule has 0 saturated heterocycles. The molecule has 0 amide bonds. The van der Waals surface area contributed by atoms with Gasteiger partial charge >= 0.3 is 0 Å². The summed E-state index contributed by atoms with van der Waals surface area (Å²) in [5.41, 5.74) is -0.464. The molecule has 0 spiro atoms. The zero-order valence-corrected chi connectivity index (χ0v) is 15.3. The molecule has 2 fully saturated rings. The predicted molar refractivity (Wildman–Crippen MR) is 91.3 cm³/mol. The van der Waals surface area contributed by atoms with Gasteiger partial charge in [0.2, 0.25) is 0 Å². The van der Waals surface area contributed by atoms with Crippen molar-refractivity contribution < 1.29 is 19.1 Å². The molecule has 3 aliphatic carbocycles. The highest BCUT2D eigenvalue weighted by Crippen LogP contribution is 2.54. The Morgan fingerprint density at radius 2 is 2.00 bits per heavy atom. The van der Waals surface area contributed by atoms with Gasteiger partial charge in [-0.3, -0.25) is 9.59 Å². The fourth-order valence-electron chi connectivity index (χ4n) is 5.01. The van der Waals surface area contributed by atoms with Crippen molar-refractivity contribution in [2.75, 3.05) is 13.9 Å². The maximum Gasteiger partial charge on any atom is 0.165 e. The fraction of sp³-hybridized carbons (Fsp3) is 0.800. The van der Waals surface area contributed by atoms with Crippen LogP contribution in [0.25, 0.3) is 0 Å². The normalized spacial score (nSPS) is 41.5. The number of Topliss-reactive ketones (excluding diaryl/α,β-unsaturated/α-hetero) is 2. The maximum absolute atomic E-state index is 13.1. The summed E-state index contributed by atoms with van der Waals surface area (Å²) in [5.74, 6) is 0.864. The third-order valence-electron chi connectivity index (χ3n) is 7.10. The number of hydrogen-bond donors (Lipinski definition) is 0. The smallest absolute Gasteiger partial charge is 0.165 e. The molecule has 134 valence electrons. The highest BCUT2D eigenvalue weighted by atomic mass is 16.7. The first-order chi connectivity index (χ1) is 11.3. The van der Waals surface area contributed by atoms with Crippen molar-refractivity contribution >= 4 is 11.6 Å². The topological polar surface area (TPSA) is 52.6 Å². The van der Waals surface area contributed by atoms with E-state index in [-0.39, 0.29) is 29.7 Å². The van der Waals surface area contributed by atoms with Gasteiger partial charge in [-0.15, -0.1) is 0 Å². The molecule has 5 atom stereocenters. The third kappa shape index (κ3) is 2.78. The van der Waals surface area contributed by atoms with E-state index in [9.17, 15) is 9.59 Å². The summed E-state index contributed by atoms with van der Waals surface area (Å²) in [4.78, 5) is 26.2. The van der Waals surface area contributed by atoms with Crippen molar-refractivity contribution in [2.45, 2.75) is 59.0 Å². The molecule has 4 heteroatoms. The first-order valence-corrected chi connectivity index (χ1v) is 9.15. The molecule has 24 heavy (non-hydrogen) atoms. The summed E-state index contributed by atoms with van der Waals surface area (Å²) in [5, 5.41) is 0. The summed E-state index contributed by atoms with van der Waals surface area (Å²) in [6, 6.07) is 0. The van der Waals surface area contributed by atoms with E-state index in [1.54, 1.807) is 7.11 Å². The van der Waals surface area contributed by atoms with Crippen molar-refractivity contribution in [3.8, 4) is 0 Å². The molecule has 0 aromatic rings. The van der Waals surface area contributed by atoms with Crippen LogP contribution in [0.2, 0.25) is 0 Å². The van der Waals surface area contributed by atoms with E-state index in [1.165, 1.54) is 0 Å². The highest BCUT2D eigenvalue weighted by Gasteiger charge is 2.55. The van der Waals surface area contributed by atoms with Crippen LogP contribution < -0.4 is 0 Å². The van der Waals surface area contributed by atoms with E-state index in [0.717, 1.165) is 19.3 Å².